The molecule has 0 saturated carbocycles. The predicted molar refractivity (Wildman–Crippen MR) is 92.7 cm³/mol. The summed E-state index contributed by atoms with van der Waals surface area (Å²) < 4.78 is 2.18. The normalized spacial score (nSPS) is 12.9. The van der Waals surface area contributed by atoms with E-state index in [1.165, 1.54) is 4.88 Å². The highest BCUT2D eigenvalue weighted by Crippen LogP contribution is 2.28. The van der Waals surface area contributed by atoms with Crippen molar-refractivity contribution < 1.29 is 0 Å². The maximum atomic E-state index is 6.22. The number of aromatic nitrogens is 1. The molecule has 0 radical (unpaired) electrons. The Kier molecular flexibility index (Phi) is 4.55. The molecule has 3 rings (SSSR count). The van der Waals surface area contributed by atoms with Crippen molar-refractivity contribution in [3.63, 3.8) is 0 Å². The van der Waals surface area contributed by atoms with Crippen LogP contribution in [0, 0.1) is 0 Å². The van der Waals surface area contributed by atoms with Crippen LogP contribution in [-0.2, 0) is 6.54 Å². The molecule has 0 aliphatic rings. The molecule has 1 atom stereocenters. The van der Waals surface area contributed by atoms with Crippen LogP contribution in [0.4, 0.5) is 0 Å². The van der Waals surface area contributed by atoms with Crippen LogP contribution in [0.5, 0.6) is 0 Å². The van der Waals surface area contributed by atoms with Gasteiger partial charge in [-0.1, -0.05) is 29.3 Å². The number of hydrogen-bond acceptors (Lipinski definition) is 2. The highest BCUT2D eigenvalue weighted by molar-refractivity contribution is 7.10. The summed E-state index contributed by atoms with van der Waals surface area (Å²) in [5, 5.41) is 8.08. The summed E-state index contributed by atoms with van der Waals surface area (Å²) in [6.07, 6.45) is 2.06. The van der Waals surface area contributed by atoms with Crippen LogP contribution in [0.1, 0.15) is 17.8 Å². The molecule has 21 heavy (non-hydrogen) atoms. The minimum Gasteiger partial charge on any atom is -0.346 e. The Morgan fingerprint density at radius 1 is 1.29 bits per heavy atom. The molecule has 1 aromatic carbocycles. The molecule has 1 unspecified atom stereocenters. The van der Waals surface area contributed by atoms with Crippen molar-refractivity contribution in [3.05, 3.63) is 56.8 Å². The largest absolute Gasteiger partial charge is 0.346 e. The molecule has 0 bridgehead atoms. The maximum Gasteiger partial charge on any atom is 0.0514 e. The van der Waals surface area contributed by atoms with Gasteiger partial charge in [0.25, 0.3) is 0 Å². The third-order valence-electron chi connectivity index (χ3n) is 3.58. The van der Waals surface area contributed by atoms with Gasteiger partial charge in [-0.25, -0.2) is 0 Å². The van der Waals surface area contributed by atoms with Crippen LogP contribution in [0.15, 0.2) is 41.9 Å². The van der Waals surface area contributed by atoms with Crippen LogP contribution in [0.25, 0.3) is 10.9 Å². The van der Waals surface area contributed by atoms with Gasteiger partial charge >= 0.3 is 0 Å². The van der Waals surface area contributed by atoms with Gasteiger partial charge in [0.2, 0.25) is 0 Å². The van der Waals surface area contributed by atoms with Gasteiger partial charge in [-0.05, 0) is 36.6 Å². The second-order valence-electron chi connectivity index (χ2n) is 5.02. The van der Waals surface area contributed by atoms with Crippen LogP contribution in [-0.4, -0.2) is 11.1 Å². The molecular weight excluding hydrogens is 323 g/mol. The Labute approximate surface area is 138 Å². The van der Waals surface area contributed by atoms with Gasteiger partial charge in [-0.2, -0.15) is 0 Å². The quantitative estimate of drug-likeness (QED) is 0.662. The lowest BCUT2D eigenvalue weighted by atomic mass is 10.2. The van der Waals surface area contributed by atoms with E-state index >= 15 is 0 Å². The summed E-state index contributed by atoms with van der Waals surface area (Å²) in [5.41, 5.74) is 1.08. The van der Waals surface area contributed by atoms with Crippen molar-refractivity contribution in [2.24, 2.45) is 0 Å². The van der Waals surface area contributed by atoms with E-state index in [0.717, 1.165) is 24.0 Å². The van der Waals surface area contributed by atoms with E-state index in [9.17, 15) is 0 Å². The molecule has 110 valence electrons. The van der Waals surface area contributed by atoms with E-state index in [-0.39, 0.29) is 0 Å². The van der Waals surface area contributed by atoms with E-state index in [1.54, 1.807) is 17.4 Å². The average Bonchev–Trinajstić information content (AvgIpc) is 3.08. The Hall–Kier alpha value is -1.00. The van der Waals surface area contributed by atoms with E-state index in [0.29, 0.717) is 16.1 Å². The summed E-state index contributed by atoms with van der Waals surface area (Å²) in [6.45, 7) is 3.97. The zero-order valence-corrected chi connectivity index (χ0v) is 14.0. The molecule has 2 heterocycles. The van der Waals surface area contributed by atoms with E-state index in [2.05, 4.69) is 40.5 Å². The van der Waals surface area contributed by atoms with Crippen LogP contribution >= 0.6 is 34.5 Å². The molecule has 1 N–H and O–H groups in total. The Morgan fingerprint density at radius 2 is 2.14 bits per heavy atom. The smallest absolute Gasteiger partial charge is 0.0514 e. The predicted octanol–water partition coefficient (Wildman–Crippen LogP) is 5.36. The Balaban J connectivity index is 1.68. The first-order chi connectivity index (χ1) is 10.1. The van der Waals surface area contributed by atoms with Crippen LogP contribution in [0.3, 0.4) is 0 Å². The number of benzene rings is 1. The highest BCUT2D eigenvalue weighted by Gasteiger charge is 2.08. The van der Waals surface area contributed by atoms with Crippen molar-refractivity contribution in [1.82, 2.24) is 9.88 Å². The number of hydrogen-bond donors (Lipinski definition) is 1. The minimum atomic E-state index is 0.374. The van der Waals surface area contributed by atoms with Gasteiger partial charge in [-0.15, -0.1) is 11.3 Å². The molecule has 0 aliphatic heterocycles. The first kappa shape index (κ1) is 14.9. The van der Waals surface area contributed by atoms with Crippen molar-refractivity contribution in [1.29, 1.82) is 0 Å². The number of thiophene rings is 1. The summed E-state index contributed by atoms with van der Waals surface area (Å²) in [7, 11) is 0. The van der Waals surface area contributed by atoms with Crippen LogP contribution in [0.2, 0.25) is 10.0 Å². The van der Waals surface area contributed by atoms with Crippen molar-refractivity contribution >= 4 is 45.4 Å². The number of nitrogens with zero attached hydrogens (tertiary/aromatic N) is 1. The molecule has 3 aromatic rings. The van der Waals surface area contributed by atoms with Gasteiger partial charge in [0.05, 0.1) is 10.5 Å². The lowest BCUT2D eigenvalue weighted by Crippen LogP contribution is -2.22. The third kappa shape index (κ3) is 3.27. The molecule has 0 fully saturated rings. The van der Waals surface area contributed by atoms with Gasteiger partial charge < -0.3 is 9.88 Å². The third-order valence-corrected chi connectivity index (χ3v) is 5.16. The monoisotopic (exact) mass is 338 g/mol. The topological polar surface area (TPSA) is 17.0 Å². The molecule has 2 aromatic heterocycles. The van der Waals surface area contributed by atoms with E-state index < -0.39 is 0 Å². The zero-order chi connectivity index (χ0) is 14.8. The summed E-state index contributed by atoms with van der Waals surface area (Å²) in [4.78, 5) is 1.36. The minimum absolute atomic E-state index is 0.374. The Morgan fingerprint density at radius 3 is 2.90 bits per heavy atom. The first-order valence-corrected chi connectivity index (χ1v) is 8.49. The second kappa shape index (κ2) is 6.41. The lowest BCUT2D eigenvalue weighted by molar-refractivity contribution is 0.543. The maximum absolute atomic E-state index is 6.22. The van der Waals surface area contributed by atoms with Crippen LogP contribution < -0.4 is 5.32 Å². The van der Waals surface area contributed by atoms with Gasteiger partial charge in [0.15, 0.2) is 0 Å². The number of fused-ring (bicyclic) bond motifs is 1. The molecule has 0 amide bonds. The number of nitrogens with one attached hydrogen (secondary N) is 1. The molecule has 2 nitrogen and oxygen atoms in total. The summed E-state index contributed by atoms with van der Waals surface area (Å²) in [5.74, 6) is 0. The van der Waals surface area contributed by atoms with Crippen molar-refractivity contribution in [2.75, 3.05) is 6.54 Å². The van der Waals surface area contributed by atoms with E-state index in [4.69, 9.17) is 23.2 Å². The zero-order valence-electron chi connectivity index (χ0n) is 11.6. The highest BCUT2D eigenvalue weighted by atomic mass is 35.5. The van der Waals surface area contributed by atoms with Gasteiger partial charge in [0.1, 0.15) is 0 Å². The fraction of sp³-hybridized carbons (Fsp3) is 0.250. The number of rotatable bonds is 5. The summed E-state index contributed by atoms with van der Waals surface area (Å²) in [6, 6.07) is 10.4. The molecule has 0 spiro atoms. The Bertz CT molecular complexity index is 734. The van der Waals surface area contributed by atoms with Crippen molar-refractivity contribution in [3.8, 4) is 0 Å². The van der Waals surface area contributed by atoms with Gasteiger partial charge in [0, 0.05) is 40.6 Å². The first-order valence-electron chi connectivity index (χ1n) is 6.86. The average molecular weight is 339 g/mol. The summed E-state index contributed by atoms with van der Waals surface area (Å²) >= 11 is 14.1. The SMILES string of the molecule is CC(NCCn1ccc2c(Cl)cc(Cl)cc21)c1cccs1. The molecule has 5 heteroatoms. The fourth-order valence-electron chi connectivity index (χ4n) is 2.45. The van der Waals surface area contributed by atoms with E-state index in [1.807, 2.05) is 12.1 Å². The van der Waals surface area contributed by atoms with Gasteiger partial charge in [-0.3, -0.25) is 0 Å². The van der Waals surface area contributed by atoms with Crippen molar-refractivity contribution in [2.45, 2.75) is 19.5 Å². The molecule has 0 aliphatic carbocycles. The number of halogens is 2. The standard InChI is InChI=1S/C16H16Cl2N2S/c1-11(16-3-2-8-21-16)19-5-7-20-6-4-13-14(18)9-12(17)10-15(13)20/h2-4,6,8-11,19H,5,7H2,1H3. The molecular formula is C16H16Cl2N2S. The molecule has 0 saturated heterocycles. The fourth-order valence-corrected chi connectivity index (χ4v) is 3.76. The second-order valence-corrected chi connectivity index (χ2v) is 6.84. The lowest BCUT2D eigenvalue weighted by Gasteiger charge is -2.13.